The van der Waals surface area contributed by atoms with Gasteiger partial charge in [0, 0.05) is 41.7 Å². The SMILES string of the molecule is CS(=O)(=O)N1CCN(c2ccc(Sc3ccc4[nH]c(NC(=O)O)nc4c3)cc2)CC1. The highest BCUT2D eigenvalue weighted by atomic mass is 32.2. The van der Waals surface area contributed by atoms with Crippen molar-refractivity contribution in [1.29, 1.82) is 0 Å². The maximum absolute atomic E-state index is 11.6. The van der Waals surface area contributed by atoms with E-state index in [9.17, 15) is 13.2 Å². The van der Waals surface area contributed by atoms with Crippen LogP contribution in [0.3, 0.4) is 0 Å². The van der Waals surface area contributed by atoms with Crippen LogP contribution >= 0.6 is 11.8 Å². The molecule has 0 atom stereocenters. The number of amides is 1. The number of fused-ring (bicyclic) bond motifs is 1. The number of carbonyl (C=O) groups is 1. The van der Waals surface area contributed by atoms with Crippen molar-refractivity contribution in [2.24, 2.45) is 0 Å². The number of carboxylic acid groups (broad SMARTS) is 1. The monoisotopic (exact) mass is 447 g/mol. The molecule has 0 unspecified atom stereocenters. The third-order valence-corrected chi connectivity index (χ3v) is 7.13. The number of anilines is 2. The average molecular weight is 448 g/mol. The molecule has 4 rings (SSSR count). The lowest BCUT2D eigenvalue weighted by atomic mass is 10.2. The molecular formula is C19H21N5O4S2. The van der Waals surface area contributed by atoms with Gasteiger partial charge in [-0.05, 0) is 42.5 Å². The zero-order valence-corrected chi connectivity index (χ0v) is 17.8. The minimum Gasteiger partial charge on any atom is -0.465 e. The van der Waals surface area contributed by atoms with Crippen molar-refractivity contribution in [3.05, 3.63) is 42.5 Å². The Kier molecular flexibility index (Phi) is 5.58. The van der Waals surface area contributed by atoms with Gasteiger partial charge in [0.05, 0.1) is 17.3 Å². The summed E-state index contributed by atoms with van der Waals surface area (Å²) < 4.78 is 24.8. The summed E-state index contributed by atoms with van der Waals surface area (Å²) in [4.78, 5) is 22.1. The van der Waals surface area contributed by atoms with Crippen LogP contribution in [0, 0.1) is 0 Å². The van der Waals surface area contributed by atoms with Crippen molar-refractivity contribution >= 4 is 50.5 Å². The lowest BCUT2D eigenvalue weighted by Crippen LogP contribution is -2.48. The molecule has 2 aromatic carbocycles. The highest BCUT2D eigenvalue weighted by Gasteiger charge is 2.23. The van der Waals surface area contributed by atoms with Gasteiger partial charge in [-0.15, -0.1) is 0 Å². The molecule has 2 heterocycles. The van der Waals surface area contributed by atoms with Crippen LogP contribution in [0.5, 0.6) is 0 Å². The van der Waals surface area contributed by atoms with Gasteiger partial charge < -0.3 is 15.0 Å². The molecule has 3 N–H and O–H groups in total. The molecule has 11 heteroatoms. The minimum atomic E-state index is -3.13. The second-order valence-electron chi connectivity index (χ2n) is 6.94. The van der Waals surface area contributed by atoms with Crippen molar-refractivity contribution in [1.82, 2.24) is 14.3 Å². The third-order valence-electron chi connectivity index (χ3n) is 4.83. The van der Waals surface area contributed by atoms with E-state index in [2.05, 4.69) is 20.2 Å². The number of nitrogens with one attached hydrogen (secondary N) is 2. The van der Waals surface area contributed by atoms with Crippen LogP contribution in [0.1, 0.15) is 0 Å². The van der Waals surface area contributed by atoms with E-state index in [0.29, 0.717) is 31.7 Å². The molecule has 1 aromatic heterocycles. The Bertz CT molecular complexity index is 1170. The molecule has 158 valence electrons. The molecule has 30 heavy (non-hydrogen) atoms. The number of aromatic amines is 1. The summed E-state index contributed by atoms with van der Waals surface area (Å²) in [5.41, 5.74) is 2.51. The van der Waals surface area contributed by atoms with E-state index in [1.165, 1.54) is 10.6 Å². The lowest BCUT2D eigenvalue weighted by molar-refractivity contribution is 0.209. The fourth-order valence-electron chi connectivity index (χ4n) is 3.35. The van der Waals surface area contributed by atoms with E-state index in [1.54, 1.807) is 11.8 Å². The van der Waals surface area contributed by atoms with Gasteiger partial charge in [-0.1, -0.05) is 11.8 Å². The van der Waals surface area contributed by atoms with Gasteiger partial charge in [0.15, 0.2) is 0 Å². The first-order valence-electron chi connectivity index (χ1n) is 9.26. The van der Waals surface area contributed by atoms with Crippen molar-refractivity contribution in [3.63, 3.8) is 0 Å². The van der Waals surface area contributed by atoms with Gasteiger partial charge in [-0.2, -0.15) is 4.31 Å². The zero-order valence-electron chi connectivity index (χ0n) is 16.2. The predicted octanol–water partition coefficient (Wildman–Crippen LogP) is 2.89. The van der Waals surface area contributed by atoms with Gasteiger partial charge in [0.1, 0.15) is 0 Å². The summed E-state index contributed by atoms with van der Waals surface area (Å²) in [7, 11) is -3.13. The Hall–Kier alpha value is -2.76. The normalized spacial score (nSPS) is 15.4. The largest absolute Gasteiger partial charge is 0.465 e. The van der Waals surface area contributed by atoms with Gasteiger partial charge in [-0.3, -0.25) is 5.32 Å². The second-order valence-corrected chi connectivity index (χ2v) is 10.1. The predicted molar refractivity (Wildman–Crippen MR) is 117 cm³/mol. The molecule has 1 fully saturated rings. The van der Waals surface area contributed by atoms with Crippen molar-refractivity contribution in [2.45, 2.75) is 9.79 Å². The van der Waals surface area contributed by atoms with Crippen LogP contribution in [-0.4, -0.2) is 66.3 Å². The van der Waals surface area contributed by atoms with E-state index in [4.69, 9.17) is 5.11 Å². The third kappa shape index (κ3) is 4.69. The topological polar surface area (TPSA) is 119 Å². The van der Waals surface area contributed by atoms with E-state index in [1.807, 2.05) is 42.5 Å². The second kappa shape index (κ2) is 8.17. The summed E-state index contributed by atoms with van der Waals surface area (Å²) in [6.07, 6.45) is 0.0832. The number of hydrogen-bond acceptors (Lipinski definition) is 6. The molecule has 0 bridgehead atoms. The average Bonchev–Trinajstić information content (AvgIpc) is 3.09. The first kappa shape index (κ1) is 20.5. The molecule has 1 saturated heterocycles. The van der Waals surface area contributed by atoms with Crippen LogP contribution in [-0.2, 0) is 10.0 Å². The van der Waals surface area contributed by atoms with Crippen LogP contribution in [0.4, 0.5) is 16.4 Å². The summed E-state index contributed by atoms with van der Waals surface area (Å²) >= 11 is 1.59. The Morgan fingerprint density at radius 1 is 1.10 bits per heavy atom. The number of sulfonamides is 1. The van der Waals surface area contributed by atoms with Crippen molar-refractivity contribution in [2.75, 3.05) is 42.7 Å². The standard InChI is InChI=1S/C19H21N5O4S2/c1-30(27,28)24-10-8-23(9-11-24)13-2-4-14(5-3-13)29-15-6-7-16-17(12-15)21-18(20-16)22-19(25)26/h2-7,12H,8-11H2,1H3,(H,25,26)(H2,20,21,22). The van der Waals surface area contributed by atoms with Gasteiger partial charge in [-0.25, -0.2) is 18.2 Å². The number of rotatable bonds is 5. The van der Waals surface area contributed by atoms with Crippen molar-refractivity contribution < 1.29 is 18.3 Å². The first-order chi connectivity index (χ1) is 14.3. The minimum absolute atomic E-state index is 0.194. The van der Waals surface area contributed by atoms with Gasteiger partial charge >= 0.3 is 6.09 Å². The fraction of sp³-hybridized carbons (Fsp3) is 0.263. The van der Waals surface area contributed by atoms with Gasteiger partial charge in [0.2, 0.25) is 16.0 Å². The first-order valence-corrected chi connectivity index (χ1v) is 11.9. The molecule has 9 nitrogen and oxygen atoms in total. The lowest BCUT2D eigenvalue weighted by Gasteiger charge is -2.34. The molecule has 1 aliphatic heterocycles. The summed E-state index contributed by atoms with van der Waals surface area (Å²) in [5.74, 6) is 0.194. The number of H-pyrrole nitrogens is 1. The highest BCUT2D eigenvalue weighted by Crippen LogP contribution is 2.31. The van der Waals surface area contributed by atoms with E-state index in [-0.39, 0.29) is 5.95 Å². The number of aromatic nitrogens is 2. The molecule has 1 amide bonds. The Labute approximate surface area is 178 Å². The fourth-order valence-corrected chi connectivity index (χ4v) is 5.03. The van der Waals surface area contributed by atoms with Crippen molar-refractivity contribution in [3.8, 4) is 0 Å². The Morgan fingerprint density at radius 3 is 2.40 bits per heavy atom. The number of benzene rings is 2. The van der Waals surface area contributed by atoms with E-state index < -0.39 is 16.1 Å². The van der Waals surface area contributed by atoms with Crippen LogP contribution in [0.15, 0.2) is 52.3 Å². The number of nitrogens with zero attached hydrogens (tertiary/aromatic N) is 3. The molecule has 0 saturated carbocycles. The number of piperazine rings is 1. The van der Waals surface area contributed by atoms with Gasteiger partial charge in [0.25, 0.3) is 0 Å². The quantitative estimate of drug-likeness (QED) is 0.550. The summed E-state index contributed by atoms with van der Waals surface area (Å²) in [6, 6.07) is 13.9. The molecule has 3 aromatic rings. The summed E-state index contributed by atoms with van der Waals surface area (Å²) in [5, 5.41) is 11.0. The molecule has 0 radical (unpaired) electrons. The molecule has 0 aliphatic carbocycles. The molecule has 1 aliphatic rings. The maximum Gasteiger partial charge on any atom is 0.411 e. The Morgan fingerprint density at radius 2 is 1.77 bits per heavy atom. The summed E-state index contributed by atoms with van der Waals surface area (Å²) in [6.45, 7) is 2.33. The maximum atomic E-state index is 11.6. The van der Waals surface area contributed by atoms with E-state index in [0.717, 1.165) is 21.0 Å². The van der Waals surface area contributed by atoms with Crippen LogP contribution < -0.4 is 10.2 Å². The van der Waals surface area contributed by atoms with Crippen LogP contribution in [0.25, 0.3) is 11.0 Å². The smallest absolute Gasteiger partial charge is 0.411 e. The van der Waals surface area contributed by atoms with E-state index >= 15 is 0 Å². The highest BCUT2D eigenvalue weighted by molar-refractivity contribution is 7.99. The van der Waals surface area contributed by atoms with Crippen LogP contribution in [0.2, 0.25) is 0 Å². The molecule has 0 spiro atoms. The molecular weight excluding hydrogens is 426 g/mol. The zero-order chi connectivity index (χ0) is 21.3. The number of imidazole rings is 1. The number of hydrogen-bond donors (Lipinski definition) is 3. The Balaban J connectivity index is 1.42.